The SMILES string of the molecule is CC[S@@](=N)(=O)CCc1ccccc1. The molecule has 1 N–H and O–H groups in total. The van der Waals surface area contributed by atoms with Gasteiger partial charge < -0.3 is 0 Å². The average Bonchev–Trinajstić information content (AvgIpc) is 2.17. The topological polar surface area (TPSA) is 40.9 Å². The van der Waals surface area contributed by atoms with Crippen LogP contribution in [0.4, 0.5) is 0 Å². The zero-order valence-corrected chi connectivity index (χ0v) is 8.64. The van der Waals surface area contributed by atoms with Gasteiger partial charge in [-0.05, 0) is 12.0 Å². The Labute approximate surface area is 80.0 Å². The lowest BCUT2D eigenvalue weighted by Gasteiger charge is -2.03. The number of nitrogens with one attached hydrogen (secondary N) is 1. The summed E-state index contributed by atoms with van der Waals surface area (Å²) in [5, 5.41) is 0. The molecule has 2 nitrogen and oxygen atoms in total. The molecular formula is C10H15NOS. The lowest BCUT2D eigenvalue weighted by molar-refractivity contribution is 0.674. The van der Waals surface area contributed by atoms with Gasteiger partial charge in [-0.15, -0.1) is 0 Å². The molecule has 0 fully saturated rings. The quantitative estimate of drug-likeness (QED) is 0.790. The highest BCUT2D eigenvalue weighted by atomic mass is 32.2. The van der Waals surface area contributed by atoms with Gasteiger partial charge in [-0.2, -0.15) is 0 Å². The minimum atomic E-state index is -2.32. The Hall–Kier alpha value is -0.830. The van der Waals surface area contributed by atoms with Gasteiger partial charge in [0, 0.05) is 21.2 Å². The standard InChI is InChI=1S/C10H15NOS/c1-2-13(11,12)9-8-10-6-4-3-5-7-10/h3-7,11H,2,8-9H2,1H3/t13-/m1/s1. The van der Waals surface area contributed by atoms with Crippen LogP contribution in [-0.4, -0.2) is 15.7 Å². The first-order valence-electron chi connectivity index (χ1n) is 4.42. The Balaban J connectivity index is 2.54. The van der Waals surface area contributed by atoms with Crippen molar-refractivity contribution in [3.63, 3.8) is 0 Å². The fourth-order valence-corrected chi connectivity index (χ4v) is 1.93. The molecule has 72 valence electrons. The van der Waals surface area contributed by atoms with Crippen molar-refractivity contribution >= 4 is 9.73 Å². The second-order valence-corrected chi connectivity index (χ2v) is 5.65. The van der Waals surface area contributed by atoms with E-state index in [-0.39, 0.29) is 0 Å². The van der Waals surface area contributed by atoms with E-state index in [9.17, 15) is 4.21 Å². The van der Waals surface area contributed by atoms with E-state index in [4.69, 9.17) is 4.78 Å². The number of aryl methyl sites for hydroxylation is 1. The zero-order valence-electron chi connectivity index (χ0n) is 7.82. The molecule has 0 aromatic heterocycles. The van der Waals surface area contributed by atoms with Crippen LogP contribution in [0.25, 0.3) is 0 Å². The maximum absolute atomic E-state index is 11.4. The molecule has 0 unspecified atom stereocenters. The Morgan fingerprint density at radius 2 is 1.92 bits per heavy atom. The molecule has 0 bridgehead atoms. The van der Waals surface area contributed by atoms with Gasteiger partial charge in [0.2, 0.25) is 0 Å². The Bertz CT molecular complexity index is 342. The van der Waals surface area contributed by atoms with Gasteiger partial charge in [0.05, 0.1) is 0 Å². The molecule has 13 heavy (non-hydrogen) atoms. The highest BCUT2D eigenvalue weighted by molar-refractivity contribution is 7.92. The predicted molar refractivity (Wildman–Crippen MR) is 56.4 cm³/mol. The van der Waals surface area contributed by atoms with E-state index in [1.54, 1.807) is 6.92 Å². The Morgan fingerprint density at radius 1 is 1.31 bits per heavy atom. The minimum Gasteiger partial charge on any atom is -0.253 e. The van der Waals surface area contributed by atoms with Crippen molar-refractivity contribution in [3.05, 3.63) is 35.9 Å². The van der Waals surface area contributed by atoms with Crippen LogP contribution < -0.4 is 0 Å². The van der Waals surface area contributed by atoms with E-state index in [1.165, 1.54) is 0 Å². The highest BCUT2D eigenvalue weighted by Crippen LogP contribution is 2.02. The van der Waals surface area contributed by atoms with Crippen LogP contribution in [-0.2, 0) is 16.1 Å². The van der Waals surface area contributed by atoms with Gasteiger partial charge >= 0.3 is 0 Å². The largest absolute Gasteiger partial charge is 0.253 e. The summed E-state index contributed by atoms with van der Waals surface area (Å²) in [7, 11) is -2.32. The minimum absolute atomic E-state index is 0.458. The van der Waals surface area contributed by atoms with E-state index in [0.717, 1.165) is 12.0 Å². The number of hydrogen-bond acceptors (Lipinski definition) is 2. The summed E-state index contributed by atoms with van der Waals surface area (Å²) in [5.74, 6) is 0.938. The lowest BCUT2D eigenvalue weighted by atomic mass is 10.2. The molecule has 0 radical (unpaired) electrons. The molecule has 0 saturated carbocycles. The smallest absolute Gasteiger partial charge is 0.0442 e. The van der Waals surface area contributed by atoms with Crippen molar-refractivity contribution in [3.8, 4) is 0 Å². The van der Waals surface area contributed by atoms with Crippen molar-refractivity contribution in [2.75, 3.05) is 11.5 Å². The second-order valence-electron chi connectivity index (χ2n) is 3.04. The van der Waals surface area contributed by atoms with Crippen LogP contribution >= 0.6 is 0 Å². The van der Waals surface area contributed by atoms with Crippen molar-refractivity contribution in [2.24, 2.45) is 0 Å². The van der Waals surface area contributed by atoms with E-state index in [0.29, 0.717) is 11.5 Å². The van der Waals surface area contributed by atoms with E-state index >= 15 is 0 Å². The normalized spacial score (nSPS) is 15.2. The number of rotatable bonds is 4. The summed E-state index contributed by atoms with van der Waals surface area (Å²) in [4.78, 5) is 0. The summed E-state index contributed by atoms with van der Waals surface area (Å²) in [6, 6.07) is 9.90. The van der Waals surface area contributed by atoms with Crippen molar-refractivity contribution in [1.82, 2.24) is 0 Å². The molecule has 1 rings (SSSR count). The van der Waals surface area contributed by atoms with Gasteiger partial charge in [0.15, 0.2) is 0 Å². The van der Waals surface area contributed by atoms with Crippen LogP contribution in [0.15, 0.2) is 30.3 Å². The number of benzene rings is 1. The van der Waals surface area contributed by atoms with Gasteiger partial charge in [-0.3, -0.25) is 4.78 Å². The van der Waals surface area contributed by atoms with Crippen LogP contribution in [0.2, 0.25) is 0 Å². The van der Waals surface area contributed by atoms with Gasteiger partial charge in [-0.1, -0.05) is 37.3 Å². The third-order valence-corrected chi connectivity index (χ3v) is 3.83. The molecule has 0 saturated heterocycles. The van der Waals surface area contributed by atoms with Gasteiger partial charge in [-0.25, -0.2) is 4.21 Å². The van der Waals surface area contributed by atoms with E-state index in [2.05, 4.69) is 0 Å². The Kier molecular flexibility index (Phi) is 3.48. The highest BCUT2D eigenvalue weighted by Gasteiger charge is 2.02. The first kappa shape index (κ1) is 10.3. The lowest BCUT2D eigenvalue weighted by Crippen LogP contribution is -2.08. The number of hydrogen-bond donors (Lipinski definition) is 1. The van der Waals surface area contributed by atoms with Crippen LogP contribution in [0.5, 0.6) is 0 Å². The molecule has 0 heterocycles. The van der Waals surface area contributed by atoms with Crippen molar-refractivity contribution in [2.45, 2.75) is 13.3 Å². The summed E-state index contributed by atoms with van der Waals surface area (Å²) < 4.78 is 18.8. The average molecular weight is 197 g/mol. The molecule has 0 spiro atoms. The van der Waals surface area contributed by atoms with Crippen molar-refractivity contribution < 1.29 is 4.21 Å². The first-order chi connectivity index (χ1) is 6.14. The molecular weight excluding hydrogens is 182 g/mol. The third-order valence-electron chi connectivity index (χ3n) is 2.03. The fraction of sp³-hybridized carbons (Fsp3) is 0.400. The van der Waals surface area contributed by atoms with Crippen LogP contribution in [0, 0.1) is 4.78 Å². The van der Waals surface area contributed by atoms with E-state index in [1.807, 2.05) is 30.3 Å². The summed E-state index contributed by atoms with van der Waals surface area (Å²) in [6.07, 6.45) is 0.747. The molecule has 0 aliphatic heterocycles. The monoisotopic (exact) mass is 197 g/mol. The van der Waals surface area contributed by atoms with Crippen molar-refractivity contribution in [1.29, 1.82) is 4.78 Å². The maximum Gasteiger partial charge on any atom is 0.0442 e. The predicted octanol–water partition coefficient (Wildman–Crippen LogP) is 2.30. The third kappa shape index (κ3) is 3.59. The summed E-state index contributed by atoms with van der Waals surface area (Å²) in [6.45, 7) is 1.81. The second kappa shape index (κ2) is 4.42. The molecule has 0 amide bonds. The molecule has 1 atom stereocenters. The van der Waals surface area contributed by atoms with Gasteiger partial charge in [0.1, 0.15) is 0 Å². The van der Waals surface area contributed by atoms with Crippen LogP contribution in [0.3, 0.4) is 0 Å². The molecule has 0 aliphatic rings. The molecule has 0 aliphatic carbocycles. The molecule has 3 heteroatoms. The first-order valence-corrected chi connectivity index (χ1v) is 6.32. The zero-order chi connectivity index (χ0) is 9.73. The fourth-order valence-electron chi connectivity index (χ4n) is 1.07. The summed E-state index contributed by atoms with van der Waals surface area (Å²) >= 11 is 0. The molecule has 1 aromatic rings. The Morgan fingerprint density at radius 3 is 2.46 bits per heavy atom. The molecule has 1 aromatic carbocycles. The maximum atomic E-state index is 11.4. The van der Waals surface area contributed by atoms with E-state index < -0.39 is 9.73 Å². The van der Waals surface area contributed by atoms with Gasteiger partial charge in [0.25, 0.3) is 0 Å². The van der Waals surface area contributed by atoms with Crippen LogP contribution in [0.1, 0.15) is 12.5 Å². The summed E-state index contributed by atoms with van der Waals surface area (Å²) in [5.41, 5.74) is 1.16.